The minimum atomic E-state index is 0.312. The van der Waals surface area contributed by atoms with Crippen molar-refractivity contribution < 1.29 is 0 Å². The molecule has 1 rings (SSSR count). The van der Waals surface area contributed by atoms with Crippen LogP contribution in [0.4, 0.5) is 5.69 Å². The summed E-state index contributed by atoms with van der Waals surface area (Å²) in [5.74, 6) is 1.57. The van der Waals surface area contributed by atoms with E-state index in [0.29, 0.717) is 12.0 Å². The molecule has 0 bridgehead atoms. The maximum absolute atomic E-state index is 4.09. The van der Waals surface area contributed by atoms with Crippen molar-refractivity contribution in [2.45, 2.75) is 24.8 Å². The Kier molecular flexibility index (Phi) is 5.32. The number of hydrogen-bond acceptors (Lipinski definition) is 4. The lowest BCUT2D eigenvalue weighted by molar-refractivity contribution is 0.542. The quantitative estimate of drug-likeness (QED) is 0.610. The van der Waals surface area contributed by atoms with E-state index < -0.39 is 0 Å². The number of pyridine rings is 1. The van der Waals surface area contributed by atoms with Crippen LogP contribution in [-0.2, 0) is 0 Å². The highest BCUT2D eigenvalue weighted by Crippen LogP contribution is 2.28. The zero-order valence-corrected chi connectivity index (χ0v) is 10.9. The lowest BCUT2D eigenvalue weighted by Crippen LogP contribution is -2.13. The van der Waals surface area contributed by atoms with Gasteiger partial charge in [-0.3, -0.25) is 9.98 Å². The molecule has 0 aromatic carbocycles. The van der Waals surface area contributed by atoms with Crippen molar-refractivity contribution in [2.75, 3.05) is 18.1 Å². The lowest BCUT2D eigenvalue weighted by Gasteiger charge is -2.16. The van der Waals surface area contributed by atoms with Gasteiger partial charge in [0.1, 0.15) is 0 Å². The molecule has 0 aliphatic rings. The molecule has 4 heteroatoms. The number of hydrogen-bond donors (Lipinski definition) is 1. The maximum atomic E-state index is 4.09. The summed E-state index contributed by atoms with van der Waals surface area (Å²) in [7, 11) is 1.92. The number of thioether (sulfide) groups is 1. The van der Waals surface area contributed by atoms with Crippen LogP contribution in [0.5, 0.6) is 0 Å². The van der Waals surface area contributed by atoms with Crippen LogP contribution >= 0.6 is 11.8 Å². The van der Waals surface area contributed by atoms with E-state index in [1.165, 1.54) is 4.90 Å². The van der Waals surface area contributed by atoms with E-state index in [9.17, 15) is 0 Å². The number of rotatable bonds is 6. The van der Waals surface area contributed by atoms with Crippen LogP contribution in [0, 0.1) is 5.92 Å². The Labute approximate surface area is 102 Å². The monoisotopic (exact) mass is 237 g/mol. The molecule has 0 spiro atoms. The fourth-order valence-electron chi connectivity index (χ4n) is 1.24. The summed E-state index contributed by atoms with van der Waals surface area (Å²) in [6, 6.07) is 2.35. The lowest BCUT2D eigenvalue weighted by atomic mass is 10.1. The summed E-state index contributed by atoms with van der Waals surface area (Å²) >= 11 is 1.83. The van der Waals surface area contributed by atoms with Gasteiger partial charge in [-0.25, -0.2) is 0 Å². The average molecular weight is 237 g/mol. The van der Waals surface area contributed by atoms with Gasteiger partial charge in [-0.2, -0.15) is 0 Å². The molecular weight excluding hydrogens is 218 g/mol. The Hall–Kier alpha value is -1.03. The van der Waals surface area contributed by atoms with Crippen molar-refractivity contribution in [3.8, 4) is 0 Å². The molecule has 3 nitrogen and oxygen atoms in total. The molecule has 2 unspecified atom stereocenters. The van der Waals surface area contributed by atoms with Crippen molar-refractivity contribution in [1.82, 2.24) is 4.98 Å². The van der Waals surface area contributed by atoms with Gasteiger partial charge in [0.15, 0.2) is 0 Å². The molecule has 0 amide bonds. The molecule has 0 radical (unpaired) electrons. The second-order valence-corrected chi connectivity index (χ2v) is 4.90. The second-order valence-electron chi connectivity index (χ2n) is 3.83. The van der Waals surface area contributed by atoms with Gasteiger partial charge in [-0.05, 0) is 25.6 Å². The molecule has 1 aromatic rings. The highest BCUT2D eigenvalue weighted by Gasteiger charge is 2.11. The zero-order valence-electron chi connectivity index (χ0n) is 10.1. The third-order valence-electron chi connectivity index (χ3n) is 2.66. The summed E-state index contributed by atoms with van der Waals surface area (Å²) in [5.41, 5.74) is 1.08. The summed E-state index contributed by atoms with van der Waals surface area (Å²) in [4.78, 5) is 9.38. The van der Waals surface area contributed by atoms with Gasteiger partial charge in [0.2, 0.25) is 0 Å². The smallest absolute Gasteiger partial charge is 0.0662 e. The standard InChI is InChI=1S/C12H19N3S/c1-9(10(2)13-3)8-16-12-5-6-15-7-11(12)14-4/h5-7,9-10,14H,3,8H2,1-2,4H3. The molecule has 16 heavy (non-hydrogen) atoms. The molecule has 0 aliphatic heterocycles. The van der Waals surface area contributed by atoms with E-state index in [-0.39, 0.29) is 0 Å². The van der Waals surface area contributed by atoms with E-state index in [4.69, 9.17) is 0 Å². The molecule has 1 N–H and O–H groups in total. The van der Waals surface area contributed by atoms with Crippen LogP contribution in [0.15, 0.2) is 28.3 Å². The molecular formula is C12H19N3S. The molecule has 0 aliphatic carbocycles. The van der Waals surface area contributed by atoms with E-state index in [2.05, 4.69) is 35.9 Å². The third kappa shape index (κ3) is 3.52. The van der Waals surface area contributed by atoms with Crippen molar-refractivity contribution in [1.29, 1.82) is 0 Å². The Morgan fingerprint density at radius 3 is 2.94 bits per heavy atom. The molecule has 0 fully saturated rings. The maximum Gasteiger partial charge on any atom is 0.0662 e. The molecule has 1 aromatic heterocycles. The van der Waals surface area contributed by atoms with Gasteiger partial charge in [0.25, 0.3) is 0 Å². The predicted molar refractivity (Wildman–Crippen MR) is 72.7 cm³/mol. The van der Waals surface area contributed by atoms with Crippen molar-refractivity contribution in [2.24, 2.45) is 10.9 Å². The van der Waals surface area contributed by atoms with Crippen molar-refractivity contribution >= 4 is 24.2 Å². The van der Waals surface area contributed by atoms with Crippen molar-refractivity contribution in [3.63, 3.8) is 0 Å². The molecule has 2 atom stereocenters. The van der Waals surface area contributed by atoms with Gasteiger partial charge >= 0.3 is 0 Å². The summed E-state index contributed by atoms with van der Waals surface area (Å²) in [6.45, 7) is 7.89. The largest absolute Gasteiger partial charge is 0.386 e. The van der Waals surface area contributed by atoms with Crippen LogP contribution in [0.2, 0.25) is 0 Å². The zero-order chi connectivity index (χ0) is 12.0. The molecule has 0 saturated heterocycles. The summed E-state index contributed by atoms with van der Waals surface area (Å²) in [5, 5.41) is 3.14. The SMILES string of the molecule is C=NC(C)C(C)CSc1ccncc1NC. The van der Waals surface area contributed by atoms with Crippen LogP contribution in [-0.4, -0.2) is 30.5 Å². The minimum absolute atomic E-state index is 0.312. The van der Waals surface area contributed by atoms with E-state index in [0.717, 1.165) is 11.4 Å². The topological polar surface area (TPSA) is 37.3 Å². The molecule has 0 saturated carbocycles. The van der Waals surface area contributed by atoms with Crippen LogP contribution in [0.1, 0.15) is 13.8 Å². The Morgan fingerprint density at radius 1 is 1.56 bits per heavy atom. The van der Waals surface area contributed by atoms with Crippen LogP contribution in [0.3, 0.4) is 0 Å². The van der Waals surface area contributed by atoms with Gasteiger partial charge in [-0.15, -0.1) is 11.8 Å². The normalized spacial score (nSPS) is 14.2. The number of aliphatic imine (C=N–C) groups is 1. The Balaban J connectivity index is 2.57. The number of nitrogens with one attached hydrogen (secondary N) is 1. The highest BCUT2D eigenvalue weighted by molar-refractivity contribution is 7.99. The fourth-order valence-corrected chi connectivity index (χ4v) is 2.42. The van der Waals surface area contributed by atoms with Gasteiger partial charge in [0, 0.05) is 29.9 Å². The number of anilines is 1. The first kappa shape index (κ1) is 13.0. The van der Waals surface area contributed by atoms with Gasteiger partial charge < -0.3 is 5.32 Å². The highest BCUT2D eigenvalue weighted by atomic mass is 32.2. The third-order valence-corrected chi connectivity index (χ3v) is 4.02. The first-order valence-electron chi connectivity index (χ1n) is 5.39. The number of nitrogens with zero attached hydrogens (tertiary/aromatic N) is 2. The number of aromatic nitrogens is 1. The predicted octanol–water partition coefficient (Wildman–Crippen LogP) is 2.94. The van der Waals surface area contributed by atoms with Gasteiger partial charge in [0.05, 0.1) is 11.9 Å². The summed E-state index contributed by atoms with van der Waals surface area (Å²) in [6.07, 6.45) is 3.67. The molecule has 88 valence electrons. The van der Waals surface area contributed by atoms with E-state index in [1.54, 1.807) is 0 Å². The van der Waals surface area contributed by atoms with Crippen LogP contribution in [0.25, 0.3) is 0 Å². The fraction of sp³-hybridized carbons (Fsp3) is 0.500. The molecule has 1 heterocycles. The van der Waals surface area contributed by atoms with Crippen molar-refractivity contribution in [3.05, 3.63) is 18.5 Å². The second kappa shape index (κ2) is 6.53. The first-order valence-corrected chi connectivity index (χ1v) is 6.38. The van der Waals surface area contributed by atoms with E-state index >= 15 is 0 Å². The average Bonchev–Trinajstić information content (AvgIpc) is 2.35. The Morgan fingerprint density at radius 2 is 2.31 bits per heavy atom. The van der Waals surface area contributed by atoms with E-state index in [1.807, 2.05) is 37.3 Å². The van der Waals surface area contributed by atoms with Crippen LogP contribution < -0.4 is 5.32 Å². The Bertz CT molecular complexity index is 341. The first-order chi connectivity index (χ1) is 7.69. The minimum Gasteiger partial charge on any atom is -0.386 e. The van der Waals surface area contributed by atoms with Gasteiger partial charge in [-0.1, -0.05) is 6.92 Å². The summed E-state index contributed by atoms with van der Waals surface area (Å²) < 4.78 is 0.